The number of carbonyl (C=O) groups is 1. The molecule has 0 amide bonds. The van der Waals surface area contributed by atoms with E-state index in [1.165, 1.54) is 0 Å². The van der Waals surface area contributed by atoms with Gasteiger partial charge in [-0.1, -0.05) is 33.1 Å². The standard InChI is InChI=1S/C12H20O2/c1-4-5-6-7-8-11(14)9-12(2,3)10-13/h13H,4-6,9-10H2,1-3H3. The van der Waals surface area contributed by atoms with Crippen molar-refractivity contribution in [2.75, 3.05) is 6.61 Å². The normalized spacial score (nSPS) is 10.6. The third-order valence-corrected chi connectivity index (χ3v) is 1.95. The van der Waals surface area contributed by atoms with E-state index in [0.717, 1.165) is 19.3 Å². The first-order valence-corrected chi connectivity index (χ1v) is 5.14. The fourth-order valence-corrected chi connectivity index (χ4v) is 0.961. The average molecular weight is 196 g/mol. The van der Waals surface area contributed by atoms with Crippen LogP contribution in [0.3, 0.4) is 0 Å². The molecule has 14 heavy (non-hydrogen) atoms. The number of ketones is 1. The molecule has 0 aliphatic heterocycles. The molecule has 0 aromatic carbocycles. The van der Waals surface area contributed by atoms with Crippen LogP contribution in [0.4, 0.5) is 0 Å². The van der Waals surface area contributed by atoms with Gasteiger partial charge in [0.05, 0.1) is 0 Å². The highest BCUT2D eigenvalue weighted by atomic mass is 16.3. The third-order valence-electron chi connectivity index (χ3n) is 1.95. The van der Waals surface area contributed by atoms with Crippen LogP contribution in [0.5, 0.6) is 0 Å². The molecule has 80 valence electrons. The first-order valence-electron chi connectivity index (χ1n) is 5.14. The summed E-state index contributed by atoms with van der Waals surface area (Å²) in [6, 6.07) is 0. The summed E-state index contributed by atoms with van der Waals surface area (Å²) in [5.74, 6) is 5.39. The fourth-order valence-electron chi connectivity index (χ4n) is 0.961. The Balaban J connectivity index is 3.90. The van der Waals surface area contributed by atoms with Crippen molar-refractivity contribution < 1.29 is 9.90 Å². The number of aliphatic hydroxyl groups excluding tert-OH is 1. The highest BCUT2D eigenvalue weighted by molar-refractivity contribution is 5.95. The van der Waals surface area contributed by atoms with Crippen molar-refractivity contribution >= 4 is 5.78 Å². The van der Waals surface area contributed by atoms with Gasteiger partial charge in [0.1, 0.15) is 0 Å². The van der Waals surface area contributed by atoms with E-state index in [0.29, 0.717) is 6.42 Å². The van der Waals surface area contributed by atoms with Crippen molar-refractivity contribution in [2.45, 2.75) is 46.5 Å². The lowest BCUT2D eigenvalue weighted by atomic mass is 9.88. The maximum absolute atomic E-state index is 11.3. The summed E-state index contributed by atoms with van der Waals surface area (Å²) in [6.45, 7) is 5.84. The molecule has 0 fully saturated rings. The lowest BCUT2D eigenvalue weighted by Crippen LogP contribution is -2.20. The van der Waals surface area contributed by atoms with Gasteiger partial charge in [0, 0.05) is 19.4 Å². The summed E-state index contributed by atoms with van der Waals surface area (Å²) >= 11 is 0. The van der Waals surface area contributed by atoms with Gasteiger partial charge in [-0.2, -0.15) is 0 Å². The third kappa shape index (κ3) is 6.68. The molecule has 0 aliphatic carbocycles. The second-order valence-corrected chi connectivity index (χ2v) is 4.33. The zero-order valence-electron chi connectivity index (χ0n) is 9.39. The molecular formula is C12H20O2. The Labute approximate surface area is 86.7 Å². The van der Waals surface area contributed by atoms with Crippen LogP contribution in [0.15, 0.2) is 0 Å². The molecular weight excluding hydrogens is 176 g/mol. The molecule has 0 aromatic rings. The number of unbranched alkanes of at least 4 members (excludes halogenated alkanes) is 2. The Morgan fingerprint density at radius 2 is 2.07 bits per heavy atom. The molecule has 2 nitrogen and oxygen atoms in total. The van der Waals surface area contributed by atoms with Crippen LogP contribution in [0.2, 0.25) is 0 Å². The van der Waals surface area contributed by atoms with Crippen LogP contribution in [-0.4, -0.2) is 17.5 Å². The highest BCUT2D eigenvalue weighted by Crippen LogP contribution is 2.18. The summed E-state index contributed by atoms with van der Waals surface area (Å²) in [5.41, 5.74) is -0.337. The van der Waals surface area contributed by atoms with Gasteiger partial charge in [-0.05, 0) is 17.8 Å². The van der Waals surface area contributed by atoms with Gasteiger partial charge in [-0.15, -0.1) is 0 Å². The largest absolute Gasteiger partial charge is 0.396 e. The Kier molecular flexibility index (Phi) is 6.23. The molecule has 0 atom stereocenters. The van der Waals surface area contributed by atoms with Crippen molar-refractivity contribution in [3.05, 3.63) is 0 Å². The molecule has 0 unspecified atom stereocenters. The SMILES string of the molecule is CCCCC#CC(=O)CC(C)(C)CO. The Morgan fingerprint density at radius 1 is 1.43 bits per heavy atom. The predicted molar refractivity (Wildman–Crippen MR) is 57.8 cm³/mol. The summed E-state index contributed by atoms with van der Waals surface area (Å²) in [4.78, 5) is 11.3. The zero-order chi connectivity index (χ0) is 11.0. The Bertz CT molecular complexity index is 230. The van der Waals surface area contributed by atoms with Crippen molar-refractivity contribution in [1.82, 2.24) is 0 Å². The van der Waals surface area contributed by atoms with E-state index in [-0.39, 0.29) is 17.8 Å². The van der Waals surface area contributed by atoms with E-state index in [4.69, 9.17) is 5.11 Å². The molecule has 0 saturated heterocycles. The Hall–Kier alpha value is -0.810. The topological polar surface area (TPSA) is 37.3 Å². The van der Waals surface area contributed by atoms with Gasteiger partial charge in [-0.25, -0.2) is 0 Å². The fraction of sp³-hybridized carbons (Fsp3) is 0.750. The number of carbonyl (C=O) groups excluding carboxylic acids is 1. The van der Waals surface area contributed by atoms with Gasteiger partial charge < -0.3 is 5.11 Å². The molecule has 0 rings (SSSR count). The van der Waals surface area contributed by atoms with Crippen molar-refractivity contribution in [1.29, 1.82) is 0 Å². The van der Waals surface area contributed by atoms with Crippen LogP contribution in [0.25, 0.3) is 0 Å². The second-order valence-electron chi connectivity index (χ2n) is 4.33. The second kappa shape index (κ2) is 6.62. The molecule has 0 aliphatic rings. The minimum absolute atomic E-state index is 0.0232. The molecule has 1 N–H and O–H groups in total. The number of aliphatic hydroxyl groups is 1. The summed E-state index contributed by atoms with van der Waals surface area (Å²) in [7, 11) is 0. The van der Waals surface area contributed by atoms with E-state index < -0.39 is 0 Å². The van der Waals surface area contributed by atoms with Gasteiger partial charge in [-0.3, -0.25) is 4.79 Å². The van der Waals surface area contributed by atoms with Crippen LogP contribution < -0.4 is 0 Å². The quantitative estimate of drug-likeness (QED) is 0.415. The van der Waals surface area contributed by atoms with E-state index in [9.17, 15) is 4.79 Å². The van der Waals surface area contributed by atoms with Crippen LogP contribution in [-0.2, 0) is 4.79 Å². The summed E-state index contributed by atoms with van der Waals surface area (Å²) in [5, 5.41) is 8.95. The molecule has 0 aromatic heterocycles. The van der Waals surface area contributed by atoms with Crippen molar-refractivity contribution in [3.8, 4) is 11.8 Å². The van der Waals surface area contributed by atoms with Crippen molar-refractivity contribution in [2.24, 2.45) is 5.41 Å². The first-order chi connectivity index (χ1) is 6.52. The number of hydrogen-bond donors (Lipinski definition) is 1. The van der Waals surface area contributed by atoms with E-state index in [1.54, 1.807) is 0 Å². The average Bonchev–Trinajstić information content (AvgIpc) is 2.12. The lowest BCUT2D eigenvalue weighted by molar-refractivity contribution is -0.116. The van der Waals surface area contributed by atoms with Gasteiger partial charge >= 0.3 is 0 Å². The monoisotopic (exact) mass is 196 g/mol. The van der Waals surface area contributed by atoms with Crippen LogP contribution in [0.1, 0.15) is 46.5 Å². The van der Waals surface area contributed by atoms with Crippen molar-refractivity contribution in [3.63, 3.8) is 0 Å². The summed E-state index contributed by atoms with van der Waals surface area (Å²) < 4.78 is 0. The number of Topliss-reactive ketones (excluding diaryl/α,β-unsaturated/α-hetero) is 1. The minimum Gasteiger partial charge on any atom is -0.396 e. The van der Waals surface area contributed by atoms with E-state index in [1.807, 2.05) is 13.8 Å². The molecule has 0 radical (unpaired) electrons. The van der Waals surface area contributed by atoms with Gasteiger partial charge in [0.25, 0.3) is 0 Å². The molecule has 0 heterocycles. The molecule has 0 saturated carbocycles. The minimum atomic E-state index is -0.337. The first kappa shape index (κ1) is 13.2. The molecule has 2 heteroatoms. The maximum atomic E-state index is 11.3. The smallest absolute Gasteiger partial charge is 0.206 e. The number of hydrogen-bond acceptors (Lipinski definition) is 2. The summed E-state index contributed by atoms with van der Waals surface area (Å²) in [6.07, 6.45) is 3.28. The van der Waals surface area contributed by atoms with Gasteiger partial charge in [0.15, 0.2) is 0 Å². The molecule has 0 bridgehead atoms. The highest BCUT2D eigenvalue weighted by Gasteiger charge is 2.19. The van der Waals surface area contributed by atoms with Crippen LogP contribution in [0, 0.1) is 17.3 Å². The zero-order valence-corrected chi connectivity index (χ0v) is 9.39. The van der Waals surface area contributed by atoms with E-state index >= 15 is 0 Å². The maximum Gasteiger partial charge on any atom is 0.206 e. The molecule has 0 spiro atoms. The van der Waals surface area contributed by atoms with Gasteiger partial charge in [0.2, 0.25) is 5.78 Å². The van der Waals surface area contributed by atoms with Crippen LogP contribution >= 0.6 is 0 Å². The lowest BCUT2D eigenvalue weighted by Gasteiger charge is -2.18. The number of rotatable bonds is 5. The van der Waals surface area contributed by atoms with E-state index in [2.05, 4.69) is 18.8 Å². The predicted octanol–water partition coefficient (Wildman–Crippen LogP) is 2.16. The Morgan fingerprint density at radius 3 is 2.57 bits per heavy atom.